The van der Waals surface area contributed by atoms with E-state index in [9.17, 15) is 8.78 Å². The van der Waals surface area contributed by atoms with Crippen LogP contribution in [-0.4, -0.2) is 30.1 Å². The van der Waals surface area contributed by atoms with Crippen molar-refractivity contribution in [3.63, 3.8) is 0 Å². The standard InChI is InChI=1S/C29H37F2N3/c1-20(2)33-28-10-4-22(5-11-28)18-32-12-13-34-19-24-7-9-27(31)15-25(24)17-29(34)16-23-6-8-26(30)14-21(23)3/h4-11,14-15,20-21,23,29,32-33H,12-13,16-19H2,1-3H3. The number of hydrogen-bond donors (Lipinski definition) is 2. The van der Waals surface area contributed by atoms with Crippen LogP contribution in [0.1, 0.15) is 43.9 Å². The molecule has 2 aromatic carbocycles. The van der Waals surface area contributed by atoms with Crippen molar-refractivity contribution < 1.29 is 8.78 Å². The Morgan fingerprint density at radius 3 is 2.59 bits per heavy atom. The van der Waals surface area contributed by atoms with Gasteiger partial charge in [0.25, 0.3) is 0 Å². The summed E-state index contributed by atoms with van der Waals surface area (Å²) >= 11 is 0. The second-order valence-corrected chi connectivity index (χ2v) is 10.1. The number of nitrogens with one attached hydrogen (secondary N) is 2. The van der Waals surface area contributed by atoms with Crippen molar-refractivity contribution in [3.05, 3.63) is 89.0 Å². The van der Waals surface area contributed by atoms with Gasteiger partial charge in [0.1, 0.15) is 11.6 Å². The monoisotopic (exact) mass is 465 g/mol. The van der Waals surface area contributed by atoms with Crippen LogP contribution >= 0.6 is 0 Å². The van der Waals surface area contributed by atoms with Crippen LogP contribution in [0.25, 0.3) is 0 Å². The van der Waals surface area contributed by atoms with Crippen molar-refractivity contribution >= 4 is 5.69 Å². The Hall–Kier alpha value is -2.50. The van der Waals surface area contributed by atoms with Crippen molar-refractivity contribution in [1.29, 1.82) is 0 Å². The van der Waals surface area contributed by atoms with Gasteiger partial charge in [0.05, 0.1) is 0 Å². The predicted octanol–water partition coefficient (Wildman–Crippen LogP) is 6.23. The summed E-state index contributed by atoms with van der Waals surface area (Å²) in [6.07, 6.45) is 7.10. The lowest BCUT2D eigenvalue weighted by Gasteiger charge is -2.39. The summed E-state index contributed by atoms with van der Waals surface area (Å²) in [5.41, 5.74) is 4.73. The molecule has 0 bridgehead atoms. The van der Waals surface area contributed by atoms with E-state index in [1.807, 2.05) is 12.1 Å². The van der Waals surface area contributed by atoms with Crippen LogP contribution < -0.4 is 10.6 Å². The molecular formula is C29H37F2N3. The molecule has 0 fully saturated rings. The van der Waals surface area contributed by atoms with Crippen molar-refractivity contribution in [2.45, 2.75) is 58.8 Å². The SMILES string of the molecule is CC(C)Nc1ccc(CNCCN2Cc3ccc(F)cc3CC2CC2C=CC(F)=CC2C)cc1. The van der Waals surface area contributed by atoms with Crippen molar-refractivity contribution in [2.75, 3.05) is 18.4 Å². The quantitative estimate of drug-likeness (QED) is 0.430. The van der Waals surface area contributed by atoms with Crippen LogP contribution in [0.4, 0.5) is 14.5 Å². The minimum atomic E-state index is -0.168. The molecule has 3 nitrogen and oxygen atoms in total. The Morgan fingerprint density at radius 2 is 1.85 bits per heavy atom. The molecule has 1 aliphatic heterocycles. The van der Waals surface area contributed by atoms with Gasteiger partial charge in [0.15, 0.2) is 0 Å². The van der Waals surface area contributed by atoms with E-state index < -0.39 is 0 Å². The van der Waals surface area contributed by atoms with Gasteiger partial charge in [-0.1, -0.05) is 31.2 Å². The van der Waals surface area contributed by atoms with Gasteiger partial charge in [-0.25, -0.2) is 8.78 Å². The second kappa shape index (κ2) is 11.3. The maximum atomic E-state index is 13.9. The van der Waals surface area contributed by atoms with Gasteiger partial charge >= 0.3 is 0 Å². The van der Waals surface area contributed by atoms with Gasteiger partial charge in [-0.05, 0) is 91.6 Å². The molecule has 2 N–H and O–H groups in total. The average Bonchev–Trinajstić information content (AvgIpc) is 2.79. The van der Waals surface area contributed by atoms with Crippen LogP contribution in [0.15, 0.2) is 66.5 Å². The fraction of sp³-hybridized carbons (Fsp3) is 0.448. The Bertz CT molecular complexity index is 1010. The maximum absolute atomic E-state index is 13.9. The van der Waals surface area contributed by atoms with Crippen molar-refractivity contribution in [3.8, 4) is 0 Å². The molecule has 1 heterocycles. The van der Waals surface area contributed by atoms with Gasteiger partial charge in [-0.3, -0.25) is 4.90 Å². The summed E-state index contributed by atoms with van der Waals surface area (Å²) in [6.45, 7) is 9.81. The van der Waals surface area contributed by atoms with Gasteiger partial charge in [-0.15, -0.1) is 0 Å². The van der Waals surface area contributed by atoms with E-state index in [-0.39, 0.29) is 17.6 Å². The van der Waals surface area contributed by atoms with E-state index in [0.717, 1.165) is 50.3 Å². The van der Waals surface area contributed by atoms with E-state index in [4.69, 9.17) is 0 Å². The Morgan fingerprint density at radius 1 is 1.06 bits per heavy atom. The van der Waals surface area contributed by atoms with Gasteiger partial charge < -0.3 is 10.6 Å². The molecule has 3 atom stereocenters. The molecule has 0 amide bonds. The summed E-state index contributed by atoms with van der Waals surface area (Å²) in [4.78, 5) is 2.51. The van der Waals surface area contributed by atoms with Gasteiger partial charge in [0, 0.05) is 44.0 Å². The summed E-state index contributed by atoms with van der Waals surface area (Å²) in [5, 5.41) is 7.00. The van der Waals surface area contributed by atoms with Crippen LogP contribution in [0.5, 0.6) is 0 Å². The predicted molar refractivity (Wildman–Crippen MR) is 137 cm³/mol. The largest absolute Gasteiger partial charge is 0.383 e. The number of halogens is 2. The lowest BCUT2D eigenvalue weighted by atomic mass is 9.81. The highest BCUT2D eigenvalue weighted by Crippen LogP contribution is 2.32. The number of allylic oxidation sites excluding steroid dienone is 4. The maximum Gasteiger partial charge on any atom is 0.123 e. The third-order valence-corrected chi connectivity index (χ3v) is 6.97. The molecule has 0 radical (unpaired) electrons. The summed E-state index contributed by atoms with van der Waals surface area (Å²) < 4.78 is 27.5. The number of anilines is 1. The van der Waals surface area contributed by atoms with Crippen LogP contribution in [0, 0.1) is 17.7 Å². The molecule has 34 heavy (non-hydrogen) atoms. The molecule has 4 rings (SSSR count). The van der Waals surface area contributed by atoms with Crippen molar-refractivity contribution in [2.24, 2.45) is 11.8 Å². The first-order valence-electron chi connectivity index (χ1n) is 12.5. The first-order valence-corrected chi connectivity index (χ1v) is 12.5. The van der Waals surface area contributed by atoms with Crippen LogP contribution in [-0.2, 0) is 19.5 Å². The molecular weight excluding hydrogens is 428 g/mol. The first-order chi connectivity index (χ1) is 16.4. The number of rotatable bonds is 9. The average molecular weight is 466 g/mol. The fourth-order valence-corrected chi connectivity index (χ4v) is 5.10. The Balaban J connectivity index is 1.35. The molecule has 3 unspecified atom stereocenters. The highest BCUT2D eigenvalue weighted by atomic mass is 19.1. The second-order valence-electron chi connectivity index (χ2n) is 10.1. The molecule has 5 heteroatoms. The third kappa shape index (κ3) is 6.55. The number of fused-ring (bicyclic) bond motifs is 1. The van der Waals surface area contributed by atoms with Gasteiger partial charge in [-0.2, -0.15) is 0 Å². The third-order valence-electron chi connectivity index (χ3n) is 6.97. The molecule has 1 aliphatic carbocycles. The summed E-state index contributed by atoms with van der Waals surface area (Å²) in [6, 6.07) is 14.5. The molecule has 182 valence electrons. The van der Waals surface area contributed by atoms with Crippen molar-refractivity contribution in [1.82, 2.24) is 10.2 Å². The number of benzene rings is 2. The molecule has 2 aromatic rings. The Kier molecular flexibility index (Phi) is 8.17. The van der Waals surface area contributed by atoms with Crippen LogP contribution in [0.3, 0.4) is 0 Å². The van der Waals surface area contributed by atoms with E-state index in [2.05, 4.69) is 60.6 Å². The normalized spacial score (nSPS) is 22.5. The van der Waals surface area contributed by atoms with E-state index in [1.54, 1.807) is 24.3 Å². The molecule has 0 spiro atoms. The number of nitrogens with zero attached hydrogens (tertiary/aromatic N) is 1. The topological polar surface area (TPSA) is 27.3 Å². The van der Waals surface area contributed by atoms with E-state index in [0.29, 0.717) is 18.0 Å². The van der Waals surface area contributed by atoms with E-state index >= 15 is 0 Å². The lowest BCUT2D eigenvalue weighted by Crippen LogP contribution is -2.44. The van der Waals surface area contributed by atoms with E-state index in [1.165, 1.54) is 11.1 Å². The van der Waals surface area contributed by atoms with Gasteiger partial charge in [0.2, 0.25) is 0 Å². The fourth-order valence-electron chi connectivity index (χ4n) is 5.10. The minimum absolute atomic E-state index is 0.145. The molecule has 2 aliphatic rings. The first kappa shape index (κ1) is 24.6. The molecule has 0 aromatic heterocycles. The molecule has 0 saturated heterocycles. The summed E-state index contributed by atoms with van der Waals surface area (Å²) in [7, 11) is 0. The lowest BCUT2D eigenvalue weighted by molar-refractivity contribution is 0.146. The highest BCUT2D eigenvalue weighted by Gasteiger charge is 2.30. The van der Waals surface area contributed by atoms with Crippen LogP contribution in [0.2, 0.25) is 0 Å². The number of hydrogen-bond acceptors (Lipinski definition) is 3. The Labute approximate surface area is 202 Å². The zero-order valence-corrected chi connectivity index (χ0v) is 20.5. The minimum Gasteiger partial charge on any atom is -0.383 e. The zero-order valence-electron chi connectivity index (χ0n) is 20.5. The molecule has 0 saturated carbocycles. The highest BCUT2D eigenvalue weighted by molar-refractivity contribution is 5.45. The summed E-state index contributed by atoms with van der Waals surface area (Å²) in [5.74, 6) is 0.159. The smallest absolute Gasteiger partial charge is 0.123 e. The zero-order chi connectivity index (χ0) is 24.1.